The van der Waals surface area contributed by atoms with Crippen molar-refractivity contribution in [3.63, 3.8) is 0 Å². The third-order valence-corrected chi connectivity index (χ3v) is 7.80. The summed E-state index contributed by atoms with van der Waals surface area (Å²) in [6.07, 6.45) is 9.97. The van der Waals surface area contributed by atoms with Gasteiger partial charge >= 0.3 is 0 Å². The Morgan fingerprint density at radius 3 is 2.85 bits per heavy atom. The highest BCUT2D eigenvalue weighted by atomic mass is 35.5. The number of hydrogen-bond donors (Lipinski definition) is 1. The fourth-order valence-electron chi connectivity index (χ4n) is 5.78. The Bertz CT molecular complexity index is 1090. The fourth-order valence-corrected chi connectivity index (χ4v) is 5.98. The van der Waals surface area contributed by atoms with Crippen LogP contribution in [0.25, 0.3) is 11.1 Å². The molecule has 1 aliphatic carbocycles. The van der Waals surface area contributed by atoms with Gasteiger partial charge in [-0.05, 0) is 55.9 Å². The SMILES string of the molecule is CC1(C)Cc2c(-c3cc(NC(=O)[C@H]4CCC[C@@H](CC(=O)C5CCCO5)C4)ncc3Cl)cnn2C1. The Kier molecular flexibility index (Phi) is 6.51. The molecule has 7 nitrogen and oxygen atoms in total. The van der Waals surface area contributed by atoms with Crippen LogP contribution in [-0.2, 0) is 27.3 Å². The summed E-state index contributed by atoms with van der Waals surface area (Å²) >= 11 is 6.51. The standard InChI is InChI=1S/C26H33ClN4O3/c1-26(2)12-21-19(13-29-31(21)15-26)18-11-24(28-14-20(18)27)30-25(33)17-6-3-5-16(9-17)10-22(32)23-7-4-8-34-23/h11,13-14,16-17,23H,3-10,12,15H2,1-2H3,(H,28,30,33)/t16-,17+,23?/m1/s1. The predicted molar refractivity (Wildman–Crippen MR) is 131 cm³/mol. The molecule has 3 atom stereocenters. The summed E-state index contributed by atoms with van der Waals surface area (Å²) in [6.45, 7) is 6.03. The van der Waals surface area contributed by atoms with E-state index in [1.54, 1.807) is 6.20 Å². The van der Waals surface area contributed by atoms with Crippen LogP contribution in [0, 0.1) is 17.3 Å². The Balaban J connectivity index is 1.25. The minimum atomic E-state index is -0.234. The second-order valence-electron chi connectivity index (χ2n) is 10.9. The van der Waals surface area contributed by atoms with E-state index in [1.165, 1.54) is 5.69 Å². The molecule has 0 bridgehead atoms. The lowest BCUT2D eigenvalue weighted by atomic mass is 9.78. The topological polar surface area (TPSA) is 86.1 Å². The molecule has 0 radical (unpaired) electrons. The first-order valence-electron chi connectivity index (χ1n) is 12.4. The molecular weight excluding hydrogens is 452 g/mol. The average molecular weight is 485 g/mol. The Morgan fingerprint density at radius 2 is 2.06 bits per heavy atom. The monoisotopic (exact) mass is 484 g/mol. The number of ether oxygens (including phenoxy) is 1. The number of rotatable bonds is 6. The molecule has 0 aromatic carbocycles. The smallest absolute Gasteiger partial charge is 0.228 e. The molecule has 2 fully saturated rings. The van der Waals surface area contributed by atoms with E-state index in [9.17, 15) is 9.59 Å². The van der Waals surface area contributed by atoms with Crippen LogP contribution in [0.15, 0.2) is 18.5 Å². The maximum absolute atomic E-state index is 13.1. The number of aromatic nitrogens is 3. The maximum atomic E-state index is 13.1. The highest BCUT2D eigenvalue weighted by Gasteiger charge is 2.33. The number of amides is 1. The van der Waals surface area contributed by atoms with E-state index >= 15 is 0 Å². The van der Waals surface area contributed by atoms with Gasteiger partial charge in [-0.1, -0.05) is 31.9 Å². The predicted octanol–water partition coefficient (Wildman–Crippen LogP) is 5.06. The van der Waals surface area contributed by atoms with Crippen molar-refractivity contribution in [2.24, 2.45) is 17.3 Å². The van der Waals surface area contributed by atoms with Gasteiger partial charge in [-0.25, -0.2) is 4.98 Å². The first-order chi connectivity index (χ1) is 16.3. The van der Waals surface area contributed by atoms with Crippen LogP contribution in [0.2, 0.25) is 5.02 Å². The van der Waals surface area contributed by atoms with Gasteiger partial charge in [0, 0.05) is 48.5 Å². The molecule has 8 heteroatoms. The van der Waals surface area contributed by atoms with Crippen molar-refractivity contribution in [1.82, 2.24) is 14.8 Å². The first kappa shape index (κ1) is 23.5. The molecule has 1 saturated carbocycles. The van der Waals surface area contributed by atoms with Gasteiger partial charge in [-0.15, -0.1) is 0 Å². The number of Topliss-reactive ketones (excluding diaryl/α,β-unsaturated/α-hetero) is 1. The molecule has 0 spiro atoms. The molecule has 1 unspecified atom stereocenters. The zero-order valence-corrected chi connectivity index (χ0v) is 20.7. The molecule has 1 saturated heterocycles. The molecule has 5 rings (SSSR count). The second kappa shape index (κ2) is 9.42. The molecule has 2 aromatic heterocycles. The number of ketones is 1. The molecule has 4 heterocycles. The molecular formula is C26H33ClN4O3. The molecule has 2 aliphatic heterocycles. The molecule has 2 aromatic rings. The van der Waals surface area contributed by atoms with Crippen molar-refractivity contribution in [1.29, 1.82) is 0 Å². The molecule has 1 N–H and O–H groups in total. The van der Waals surface area contributed by atoms with E-state index in [4.69, 9.17) is 16.3 Å². The highest BCUT2D eigenvalue weighted by molar-refractivity contribution is 6.33. The van der Waals surface area contributed by atoms with E-state index in [2.05, 4.69) is 29.2 Å². The van der Waals surface area contributed by atoms with Crippen LogP contribution in [0.3, 0.4) is 0 Å². The zero-order chi connectivity index (χ0) is 23.9. The van der Waals surface area contributed by atoms with Gasteiger partial charge < -0.3 is 10.1 Å². The number of halogens is 1. The summed E-state index contributed by atoms with van der Waals surface area (Å²) in [4.78, 5) is 30.0. The molecule has 34 heavy (non-hydrogen) atoms. The van der Waals surface area contributed by atoms with Crippen LogP contribution in [0.1, 0.15) is 64.5 Å². The minimum absolute atomic E-state index is 0.0311. The van der Waals surface area contributed by atoms with Gasteiger partial charge in [0.25, 0.3) is 0 Å². The summed E-state index contributed by atoms with van der Waals surface area (Å²) in [6, 6.07) is 1.85. The first-order valence-corrected chi connectivity index (χ1v) is 12.8. The van der Waals surface area contributed by atoms with E-state index in [0.29, 0.717) is 23.9 Å². The van der Waals surface area contributed by atoms with Gasteiger partial charge in [0.2, 0.25) is 5.91 Å². The zero-order valence-electron chi connectivity index (χ0n) is 20.0. The number of carbonyl (C=O) groups is 2. The normalized spacial score (nSPS) is 25.8. The Labute approximate surface area is 205 Å². The van der Waals surface area contributed by atoms with Crippen molar-refractivity contribution in [3.8, 4) is 11.1 Å². The largest absolute Gasteiger partial charge is 0.370 e. The lowest BCUT2D eigenvalue weighted by molar-refractivity contribution is -0.130. The highest BCUT2D eigenvalue weighted by Crippen LogP contribution is 2.39. The fraction of sp³-hybridized carbons (Fsp3) is 0.615. The quantitative estimate of drug-likeness (QED) is 0.619. The van der Waals surface area contributed by atoms with Crippen LogP contribution < -0.4 is 5.32 Å². The number of pyridine rings is 1. The van der Waals surface area contributed by atoms with Gasteiger partial charge in [0.1, 0.15) is 11.9 Å². The second-order valence-corrected chi connectivity index (χ2v) is 11.4. The molecule has 182 valence electrons. The molecule has 1 amide bonds. The lowest BCUT2D eigenvalue weighted by Crippen LogP contribution is -2.30. The van der Waals surface area contributed by atoms with Crippen molar-refractivity contribution in [3.05, 3.63) is 29.2 Å². The Hall–Kier alpha value is -2.25. The van der Waals surface area contributed by atoms with Gasteiger partial charge in [-0.2, -0.15) is 5.10 Å². The van der Waals surface area contributed by atoms with Crippen molar-refractivity contribution in [2.45, 2.75) is 77.9 Å². The summed E-state index contributed by atoms with van der Waals surface area (Å²) in [5.41, 5.74) is 3.17. The van der Waals surface area contributed by atoms with Crippen molar-refractivity contribution < 1.29 is 14.3 Å². The summed E-state index contributed by atoms with van der Waals surface area (Å²) in [7, 11) is 0. The van der Waals surface area contributed by atoms with Crippen molar-refractivity contribution >= 4 is 29.1 Å². The minimum Gasteiger partial charge on any atom is -0.370 e. The average Bonchev–Trinajstić information content (AvgIpc) is 3.52. The van der Waals surface area contributed by atoms with Crippen LogP contribution >= 0.6 is 11.6 Å². The van der Waals surface area contributed by atoms with Crippen molar-refractivity contribution in [2.75, 3.05) is 11.9 Å². The number of nitrogens with one attached hydrogen (secondary N) is 1. The van der Waals surface area contributed by atoms with E-state index in [-0.39, 0.29) is 35.0 Å². The molecule has 3 aliphatic rings. The van der Waals surface area contributed by atoms with Crippen LogP contribution in [-0.4, -0.2) is 39.2 Å². The van der Waals surface area contributed by atoms with Gasteiger partial charge in [-0.3, -0.25) is 14.3 Å². The van der Waals surface area contributed by atoms with Crippen LogP contribution in [0.5, 0.6) is 0 Å². The van der Waals surface area contributed by atoms with Crippen LogP contribution in [0.4, 0.5) is 5.82 Å². The number of hydrogen-bond acceptors (Lipinski definition) is 5. The maximum Gasteiger partial charge on any atom is 0.228 e. The third kappa shape index (κ3) is 4.91. The number of anilines is 1. The summed E-state index contributed by atoms with van der Waals surface area (Å²) in [5.74, 6) is 0.798. The van der Waals surface area contributed by atoms with E-state index in [1.807, 2.05) is 16.9 Å². The summed E-state index contributed by atoms with van der Waals surface area (Å²) in [5, 5.41) is 8.10. The number of carbonyl (C=O) groups excluding carboxylic acids is 2. The van der Waals surface area contributed by atoms with Gasteiger partial charge in [0.05, 0.1) is 11.2 Å². The third-order valence-electron chi connectivity index (χ3n) is 7.50. The Morgan fingerprint density at radius 1 is 1.21 bits per heavy atom. The number of fused-ring (bicyclic) bond motifs is 1. The lowest BCUT2D eigenvalue weighted by Gasteiger charge is -2.28. The number of nitrogens with zero attached hydrogens (tertiary/aromatic N) is 3. The van der Waals surface area contributed by atoms with E-state index < -0.39 is 0 Å². The van der Waals surface area contributed by atoms with E-state index in [0.717, 1.165) is 62.6 Å². The van der Waals surface area contributed by atoms with Gasteiger partial charge in [0.15, 0.2) is 5.78 Å². The summed E-state index contributed by atoms with van der Waals surface area (Å²) < 4.78 is 7.59.